The van der Waals surface area contributed by atoms with Crippen molar-refractivity contribution >= 4 is 28.5 Å². The number of rotatable bonds is 3. The van der Waals surface area contributed by atoms with Gasteiger partial charge in [-0.15, -0.1) is 0 Å². The molecule has 0 spiro atoms. The molecule has 1 amide bonds. The second kappa shape index (κ2) is 5.56. The normalized spacial score (nSPS) is 11.1. The second-order valence-corrected chi connectivity index (χ2v) is 4.29. The molecule has 1 aromatic carbocycles. The number of nitrogens with one attached hydrogen (secondary N) is 1. The second-order valence-electron chi connectivity index (χ2n) is 3.13. The summed E-state index contributed by atoms with van der Waals surface area (Å²) < 4.78 is 40.9. The minimum atomic E-state index is -4.37. The number of benzene rings is 1. The zero-order valence-electron chi connectivity index (χ0n) is 8.77. The van der Waals surface area contributed by atoms with Gasteiger partial charge in [0.25, 0.3) is 5.91 Å². The van der Waals surface area contributed by atoms with Gasteiger partial charge in [0.05, 0.1) is 3.57 Å². The van der Waals surface area contributed by atoms with Crippen LogP contribution in [-0.4, -0.2) is 25.7 Å². The molecule has 1 rings (SSSR count). The Bertz CT molecular complexity index is 421. The highest BCUT2D eigenvalue weighted by atomic mass is 127. The van der Waals surface area contributed by atoms with E-state index in [0.29, 0.717) is 9.13 Å². The summed E-state index contributed by atoms with van der Waals surface area (Å²) in [5.74, 6) is -0.194. The van der Waals surface area contributed by atoms with Gasteiger partial charge in [-0.25, -0.2) is 0 Å². The van der Waals surface area contributed by atoms with E-state index in [0.717, 1.165) is 0 Å². The molecular formula is C10H9F3INO2. The fourth-order valence-electron chi connectivity index (χ4n) is 1.06. The third kappa shape index (κ3) is 4.41. The van der Waals surface area contributed by atoms with E-state index in [1.54, 1.807) is 0 Å². The highest BCUT2D eigenvalue weighted by molar-refractivity contribution is 14.1. The van der Waals surface area contributed by atoms with Crippen LogP contribution in [0.15, 0.2) is 18.2 Å². The molecule has 0 radical (unpaired) electrons. The Balaban J connectivity index is 2.80. The number of carbonyl (C=O) groups excluding carboxylic acids is 1. The molecule has 0 atom stereocenters. The molecule has 0 heterocycles. The van der Waals surface area contributed by atoms with Gasteiger partial charge in [0.15, 0.2) is 6.61 Å². The molecule has 17 heavy (non-hydrogen) atoms. The van der Waals surface area contributed by atoms with Gasteiger partial charge >= 0.3 is 6.18 Å². The minimum Gasteiger partial charge on any atom is -0.483 e. The number of ether oxygens (including phenoxy) is 1. The first-order valence-electron chi connectivity index (χ1n) is 4.54. The maximum Gasteiger partial charge on any atom is 0.422 e. The van der Waals surface area contributed by atoms with Gasteiger partial charge in [-0.05, 0) is 40.8 Å². The van der Waals surface area contributed by atoms with Crippen molar-refractivity contribution in [1.82, 2.24) is 5.32 Å². The first-order chi connectivity index (χ1) is 7.83. The third-order valence-electron chi connectivity index (χ3n) is 1.81. The Morgan fingerprint density at radius 2 is 2.12 bits per heavy atom. The predicted molar refractivity (Wildman–Crippen MR) is 64.1 cm³/mol. The average molecular weight is 359 g/mol. The van der Waals surface area contributed by atoms with Crippen LogP contribution in [0.1, 0.15) is 10.4 Å². The lowest BCUT2D eigenvalue weighted by atomic mass is 10.2. The molecule has 7 heteroatoms. The molecule has 0 aliphatic heterocycles. The lowest BCUT2D eigenvalue weighted by Gasteiger charge is -2.11. The van der Waals surface area contributed by atoms with Crippen molar-refractivity contribution in [3.63, 3.8) is 0 Å². The van der Waals surface area contributed by atoms with Crippen molar-refractivity contribution in [3.05, 3.63) is 27.3 Å². The topological polar surface area (TPSA) is 38.3 Å². The van der Waals surface area contributed by atoms with E-state index in [2.05, 4.69) is 10.1 Å². The Hall–Kier alpha value is -0.990. The number of hydrogen-bond donors (Lipinski definition) is 1. The maximum atomic E-state index is 11.9. The van der Waals surface area contributed by atoms with E-state index in [9.17, 15) is 18.0 Å². The van der Waals surface area contributed by atoms with E-state index in [4.69, 9.17) is 0 Å². The summed E-state index contributed by atoms with van der Waals surface area (Å²) in [6, 6.07) is 4.22. The average Bonchev–Trinajstić information content (AvgIpc) is 2.25. The summed E-state index contributed by atoms with van der Waals surface area (Å²) >= 11 is 1.81. The number of alkyl halides is 3. The molecule has 3 nitrogen and oxygen atoms in total. The Kier molecular flexibility index (Phi) is 4.61. The summed E-state index contributed by atoms with van der Waals surface area (Å²) in [5.41, 5.74) is 0.372. The lowest BCUT2D eigenvalue weighted by molar-refractivity contribution is -0.153. The van der Waals surface area contributed by atoms with Gasteiger partial charge in [0.2, 0.25) is 0 Å². The maximum absolute atomic E-state index is 11.9. The Morgan fingerprint density at radius 1 is 1.47 bits per heavy atom. The van der Waals surface area contributed by atoms with E-state index < -0.39 is 12.8 Å². The number of carbonyl (C=O) groups is 1. The standard InChI is InChI=1S/C10H9F3INO2/c1-15-9(16)6-2-3-8(7(14)4-6)17-5-10(11,12)13/h2-4H,5H2,1H3,(H,15,16). The van der Waals surface area contributed by atoms with Crippen LogP contribution < -0.4 is 10.1 Å². The summed E-state index contributed by atoms with van der Waals surface area (Å²) in [4.78, 5) is 11.3. The molecule has 1 N–H and O–H groups in total. The molecule has 94 valence electrons. The van der Waals surface area contributed by atoms with Crippen LogP contribution in [-0.2, 0) is 0 Å². The Morgan fingerprint density at radius 3 is 2.59 bits per heavy atom. The smallest absolute Gasteiger partial charge is 0.422 e. The van der Waals surface area contributed by atoms with E-state index in [1.807, 2.05) is 22.6 Å². The van der Waals surface area contributed by atoms with E-state index in [1.165, 1.54) is 25.2 Å². The third-order valence-corrected chi connectivity index (χ3v) is 2.66. The predicted octanol–water partition coefficient (Wildman–Crippen LogP) is 2.59. The Labute approximate surface area is 109 Å². The van der Waals surface area contributed by atoms with Crippen LogP contribution in [0.25, 0.3) is 0 Å². The van der Waals surface area contributed by atoms with Crippen LogP contribution >= 0.6 is 22.6 Å². The fraction of sp³-hybridized carbons (Fsp3) is 0.300. The zero-order chi connectivity index (χ0) is 13.1. The zero-order valence-corrected chi connectivity index (χ0v) is 10.9. The first-order valence-corrected chi connectivity index (χ1v) is 5.62. The molecule has 0 saturated heterocycles. The molecule has 1 aromatic rings. The van der Waals surface area contributed by atoms with Crippen LogP contribution in [0.5, 0.6) is 5.75 Å². The van der Waals surface area contributed by atoms with Crippen molar-refractivity contribution < 1.29 is 22.7 Å². The summed E-state index contributed by atoms with van der Waals surface area (Å²) in [6.07, 6.45) is -4.37. The summed E-state index contributed by atoms with van der Waals surface area (Å²) in [7, 11) is 1.48. The van der Waals surface area contributed by atoms with Gasteiger partial charge in [-0.1, -0.05) is 0 Å². The monoisotopic (exact) mass is 359 g/mol. The SMILES string of the molecule is CNC(=O)c1ccc(OCC(F)(F)F)c(I)c1. The molecule has 0 saturated carbocycles. The van der Waals surface area contributed by atoms with Crippen LogP contribution in [0.3, 0.4) is 0 Å². The molecule has 0 fully saturated rings. The van der Waals surface area contributed by atoms with Crippen molar-refractivity contribution in [2.24, 2.45) is 0 Å². The molecule has 0 aliphatic carbocycles. The van der Waals surface area contributed by atoms with Gasteiger partial charge in [-0.3, -0.25) is 4.79 Å². The largest absolute Gasteiger partial charge is 0.483 e. The molecule has 0 bridgehead atoms. The van der Waals surface area contributed by atoms with Crippen molar-refractivity contribution in [2.45, 2.75) is 6.18 Å². The summed E-state index contributed by atoms with van der Waals surface area (Å²) in [5, 5.41) is 2.42. The van der Waals surface area contributed by atoms with Gasteiger partial charge < -0.3 is 10.1 Å². The fourth-order valence-corrected chi connectivity index (χ4v) is 1.73. The molecule has 0 aromatic heterocycles. The van der Waals surface area contributed by atoms with Gasteiger partial charge in [-0.2, -0.15) is 13.2 Å². The van der Waals surface area contributed by atoms with Gasteiger partial charge in [0.1, 0.15) is 5.75 Å². The first kappa shape index (κ1) is 14.1. The van der Waals surface area contributed by atoms with Crippen LogP contribution in [0.4, 0.5) is 13.2 Å². The highest BCUT2D eigenvalue weighted by Crippen LogP contribution is 2.24. The van der Waals surface area contributed by atoms with Crippen molar-refractivity contribution in [1.29, 1.82) is 0 Å². The van der Waals surface area contributed by atoms with Crippen molar-refractivity contribution in [3.8, 4) is 5.75 Å². The van der Waals surface area contributed by atoms with Crippen molar-refractivity contribution in [2.75, 3.05) is 13.7 Å². The highest BCUT2D eigenvalue weighted by Gasteiger charge is 2.28. The molecule has 0 unspecified atom stereocenters. The van der Waals surface area contributed by atoms with E-state index >= 15 is 0 Å². The number of hydrogen-bond acceptors (Lipinski definition) is 2. The molecular weight excluding hydrogens is 350 g/mol. The minimum absolute atomic E-state index is 0.107. The van der Waals surface area contributed by atoms with Crippen LogP contribution in [0, 0.1) is 3.57 Å². The van der Waals surface area contributed by atoms with Gasteiger partial charge in [0, 0.05) is 12.6 Å². The number of halogens is 4. The quantitative estimate of drug-likeness (QED) is 0.843. The molecule has 0 aliphatic rings. The van der Waals surface area contributed by atoms with E-state index in [-0.39, 0.29) is 11.7 Å². The number of amides is 1. The lowest BCUT2D eigenvalue weighted by Crippen LogP contribution is -2.20. The summed E-state index contributed by atoms with van der Waals surface area (Å²) in [6.45, 7) is -1.34. The van der Waals surface area contributed by atoms with Crippen LogP contribution in [0.2, 0.25) is 0 Å².